The molecule has 0 radical (unpaired) electrons. The van der Waals surface area contributed by atoms with Gasteiger partial charge in [-0.05, 0) is 74.0 Å². The number of benzene rings is 2. The Bertz CT molecular complexity index is 814. The van der Waals surface area contributed by atoms with Crippen molar-refractivity contribution in [1.29, 1.82) is 0 Å². The second kappa shape index (κ2) is 8.78. The molecule has 1 fully saturated rings. The van der Waals surface area contributed by atoms with Crippen LogP contribution in [0.4, 0.5) is 0 Å². The summed E-state index contributed by atoms with van der Waals surface area (Å²) >= 11 is 0. The Kier molecular flexibility index (Phi) is 5.96. The van der Waals surface area contributed by atoms with Crippen LogP contribution in [-0.2, 0) is 11.2 Å². The van der Waals surface area contributed by atoms with E-state index in [9.17, 15) is 4.79 Å². The number of fused-ring (bicyclic) bond motifs is 1. The number of aryl methyl sites for hydroxylation is 1. The summed E-state index contributed by atoms with van der Waals surface area (Å²) in [5.74, 6) is 1.02. The average Bonchev–Trinajstić information content (AvgIpc) is 3.28. The first-order chi connectivity index (χ1) is 13.8. The number of nitrogens with zero attached hydrogens (tertiary/aromatic N) is 1. The summed E-state index contributed by atoms with van der Waals surface area (Å²) < 4.78 is 5.42. The normalized spacial score (nSPS) is 20.4. The maximum absolute atomic E-state index is 13.1. The zero-order valence-corrected chi connectivity index (χ0v) is 16.7. The van der Waals surface area contributed by atoms with E-state index in [1.165, 1.54) is 29.5 Å². The van der Waals surface area contributed by atoms with Gasteiger partial charge in [-0.3, -0.25) is 9.69 Å². The Balaban J connectivity index is 1.49. The summed E-state index contributed by atoms with van der Waals surface area (Å²) in [5.41, 5.74) is 3.76. The van der Waals surface area contributed by atoms with Gasteiger partial charge in [0.1, 0.15) is 5.75 Å². The van der Waals surface area contributed by atoms with Crippen molar-refractivity contribution in [3.63, 3.8) is 0 Å². The highest BCUT2D eigenvalue weighted by atomic mass is 16.5. The van der Waals surface area contributed by atoms with E-state index >= 15 is 0 Å². The van der Waals surface area contributed by atoms with Crippen LogP contribution in [0.2, 0.25) is 0 Å². The fourth-order valence-electron chi connectivity index (χ4n) is 4.71. The predicted octanol–water partition coefficient (Wildman–Crippen LogP) is 4.07. The van der Waals surface area contributed by atoms with Gasteiger partial charge in [0.05, 0.1) is 19.1 Å². The molecule has 1 saturated heterocycles. The van der Waals surface area contributed by atoms with E-state index in [4.69, 9.17) is 4.74 Å². The van der Waals surface area contributed by atoms with Crippen LogP contribution >= 0.6 is 0 Å². The molecule has 1 aliphatic heterocycles. The van der Waals surface area contributed by atoms with Gasteiger partial charge < -0.3 is 10.1 Å². The minimum absolute atomic E-state index is 0.0190. The molecule has 4 heteroatoms. The van der Waals surface area contributed by atoms with Crippen molar-refractivity contribution in [3.05, 3.63) is 65.2 Å². The summed E-state index contributed by atoms with van der Waals surface area (Å²) in [4.78, 5) is 15.6. The number of amides is 1. The molecular weight excluding hydrogens is 348 g/mol. The van der Waals surface area contributed by atoms with E-state index in [0.29, 0.717) is 6.54 Å². The van der Waals surface area contributed by atoms with Gasteiger partial charge in [0.2, 0.25) is 5.91 Å². The largest absolute Gasteiger partial charge is 0.497 e. The number of carbonyl (C=O) groups is 1. The van der Waals surface area contributed by atoms with E-state index in [0.717, 1.165) is 38.1 Å². The molecule has 2 aromatic carbocycles. The highest BCUT2D eigenvalue weighted by Crippen LogP contribution is 2.32. The van der Waals surface area contributed by atoms with E-state index in [1.807, 2.05) is 18.2 Å². The third-order valence-electron chi connectivity index (χ3n) is 6.22. The average molecular weight is 379 g/mol. The van der Waals surface area contributed by atoms with Crippen LogP contribution < -0.4 is 10.1 Å². The molecule has 4 rings (SSSR count). The fourth-order valence-corrected chi connectivity index (χ4v) is 4.71. The fraction of sp³-hybridized carbons (Fsp3) is 0.458. The van der Waals surface area contributed by atoms with Crippen LogP contribution in [-0.4, -0.2) is 37.6 Å². The van der Waals surface area contributed by atoms with Gasteiger partial charge in [-0.2, -0.15) is 0 Å². The Morgan fingerprint density at radius 3 is 2.79 bits per heavy atom. The number of carbonyl (C=O) groups excluding carboxylic acids is 1. The summed E-state index contributed by atoms with van der Waals surface area (Å²) in [6.45, 7) is 2.82. The molecule has 0 bridgehead atoms. The minimum atomic E-state index is -0.0190. The molecule has 148 valence electrons. The lowest BCUT2D eigenvalue weighted by molar-refractivity contribution is -0.123. The third-order valence-corrected chi connectivity index (χ3v) is 6.22. The van der Waals surface area contributed by atoms with Gasteiger partial charge in [-0.25, -0.2) is 0 Å². The van der Waals surface area contributed by atoms with Gasteiger partial charge in [-0.1, -0.05) is 36.4 Å². The molecule has 0 spiro atoms. The summed E-state index contributed by atoms with van der Waals surface area (Å²) in [5, 5.41) is 3.28. The van der Waals surface area contributed by atoms with Gasteiger partial charge in [0, 0.05) is 6.54 Å². The molecule has 1 heterocycles. The Morgan fingerprint density at radius 1 is 1.14 bits per heavy atom. The Hall–Kier alpha value is -2.33. The Labute approximate surface area is 167 Å². The van der Waals surface area contributed by atoms with Crippen molar-refractivity contribution in [2.45, 2.75) is 44.1 Å². The molecule has 0 saturated carbocycles. The summed E-state index contributed by atoms with van der Waals surface area (Å²) in [6.07, 6.45) is 5.56. The van der Waals surface area contributed by atoms with E-state index in [-0.39, 0.29) is 17.9 Å². The monoisotopic (exact) mass is 378 g/mol. The Morgan fingerprint density at radius 2 is 1.96 bits per heavy atom. The number of ether oxygens (including phenoxy) is 1. The molecule has 2 aliphatic rings. The zero-order chi connectivity index (χ0) is 19.3. The molecule has 1 amide bonds. The van der Waals surface area contributed by atoms with Crippen molar-refractivity contribution in [2.75, 3.05) is 26.7 Å². The van der Waals surface area contributed by atoms with E-state index in [1.54, 1.807) is 7.11 Å². The highest BCUT2D eigenvalue weighted by Gasteiger charge is 2.28. The van der Waals surface area contributed by atoms with E-state index < -0.39 is 0 Å². The van der Waals surface area contributed by atoms with Crippen LogP contribution in [0.15, 0.2) is 48.5 Å². The molecule has 1 aliphatic carbocycles. The number of hydrogen-bond acceptors (Lipinski definition) is 3. The summed E-state index contributed by atoms with van der Waals surface area (Å²) in [7, 11) is 1.70. The maximum Gasteiger partial charge on any atom is 0.227 e. The van der Waals surface area contributed by atoms with Crippen molar-refractivity contribution in [3.8, 4) is 5.75 Å². The molecule has 1 N–H and O–H groups in total. The van der Waals surface area contributed by atoms with Gasteiger partial charge in [-0.15, -0.1) is 0 Å². The first kappa shape index (κ1) is 19.0. The van der Waals surface area contributed by atoms with Crippen LogP contribution in [0.1, 0.15) is 54.3 Å². The lowest BCUT2D eigenvalue weighted by Crippen LogP contribution is -2.39. The number of rotatable bonds is 6. The van der Waals surface area contributed by atoms with Gasteiger partial charge in [0.15, 0.2) is 0 Å². The predicted molar refractivity (Wildman–Crippen MR) is 112 cm³/mol. The van der Waals surface area contributed by atoms with E-state index in [2.05, 4.69) is 40.5 Å². The number of methoxy groups -OCH3 is 1. The van der Waals surface area contributed by atoms with Crippen LogP contribution in [0.25, 0.3) is 0 Å². The molecular formula is C24H30N2O2. The SMILES string of the molecule is COc1cccc(C(CNC(=O)C2CCCc3ccccc32)N2CCCC2)c1. The van der Waals surface area contributed by atoms with Crippen LogP contribution in [0, 0.1) is 0 Å². The quantitative estimate of drug-likeness (QED) is 0.824. The lowest BCUT2D eigenvalue weighted by atomic mass is 9.82. The molecule has 2 atom stereocenters. The molecule has 28 heavy (non-hydrogen) atoms. The molecule has 4 nitrogen and oxygen atoms in total. The molecule has 2 unspecified atom stereocenters. The lowest BCUT2D eigenvalue weighted by Gasteiger charge is -2.30. The summed E-state index contributed by atoms with van der Waals surface area (Å²) in [6, 6.07) is 16.9. The smallest absolute Gasteiger partial charge is 0.227 e. The van der Waals surface area contributed by atoms with Crippen molar-refractivity contribution >= 4 is 5.91 Å². The van der Waals surface area contributed by atoms with Crippen LogP contribution in [0.3, 0.4) is 0 Å². The second-order valence-electron chi connectivity index (χ2n) is 7.92. The first-order valence-corrected chi connectivity index (χ1v) is 10.5. The standard InChI is InChI=1S/C24H30N2O2/c1-28-20-11-6-10-19(16-20)23(26-14-4-5-15-26)17-25-24(27)22-13-7-9-18-8-2-3-12-21(18)22/h2-3,6,8,10-12,16,22-23H,4-5,7,9,13-15,17H2,1H3,(H,25,27). The van der Waals surface area contributed by atoms with Gasteiger partial charge in [0.25, 0.3) is 0 Å². The van der Waals surface area contributed by atoms with Crippen molar-refractivity contribution in [1.82, 2.24) is 10.2 Å². The highest BCUT2D eigenvalue weighted by molar-refractivity contribution is 5.84. The topological polar surface area (TPSA) is 41.6 Å². The second-order valence-corrected chi connectivity index (χ2v) is 7.92. The van der Waals surface area contributed by atoms with Crippen molar-refractivity contribution < 1.29 is 9.53 Å². The molecule has 2 aromatic rings. The minimum Gasteiger partial charge on any atom is -0.497 e. The third kappa shape index (κ3) is 4.07. The molecule has 0 aromatic heterocycles. The van der Waals surface area contributed by atoms with Crippen LogP contribution in [0.5, 0.6) is 5.75 Å². The van der Waals surface area contributed by atoms with Gasteiger partial charge >= 0.3 is 0 Å². The zero-order valence-electron chi connectivity index (χ0n) is 16.7. The number of likely N-dealkylation sites (tertiary alicyclic amines) is 1. The maximum atomic E-state index is 13.1. The first-order valence-electron chi connectivity index (χ1n) is 10.5. The number of hydrogen-bond donors (Lipinski definition) is 1. The van der Waals surface area contributed by atoms with Crippen molar-refractivity contribution in [2.24, 2.45) is 0 Å². The number of nitrogens with one attached hydrogen (secondary N) is 1.